The summed E-state index contributed by atoms with van der Waals surface area (Å²) in [5, 5.41) is 20.2. The molecule has 1 aliphatic heterocycles. The van der Waals surface area contributed by atoms with Gasteiger partial charge in [0.2, 0.25) is 0 Å². The Morgan fingerprint density at radius 1 is 1.21 bits per heavy atom. The molecule has 0 unspecified atom stereocenters. The molecule has 2 N–H and O–H groups in total. The smallest absolute Gasteiger partial charge is 0.197 e. The molecule has 0 aromatic carbocycles. The summed E-state index contributed by atoms with van der Waals surface area (Å²) in [5.74, 6) is -0.376. The molecular weight excluding hydrogens is 244 g/mol. The van der Waals surface area contributed by atoms with Crippen LogP contribution in [0.15, 0.2) is 0 Å². The molecule has 4 nitrogen and oxygen atoms in total. The van der Waals surface area contributed by atoms with Gasteiger partial charge in [-0.25, -0.2) is 0 Å². The van der Waals surface area contributed by atoms with Crippen molar-refractivity contribution in [2.45, 2.75) is 64.3 Å². The Bertz CT molecular complexity index is 304. The highest BCUT2D eigenvalue weighted by atomic mass is 16.7. The average Bonchev–Trinajstić information content (AvgIpc) is 2.79. The summed E-state index contributed by atoms with van der Waals surface area (Å²) in [5.41, 5.74) is -0.796. The van der Waals surface area contributed by atoms with E-state index in [9.17, 15) is 5.11 Å². The first-order valence-corrected chi connectivity index (χ1v) is 7.44. The zero-order valence-corrected chi connectivity index (χ0v) is 12.4. The van der Waals surface area contributed by atoms with Crippen LogP contribution in [0.5, 0.6) is 0 Å². The molecule has 1 saturated carbocycles. The highest BCUT2D eigenvalue weighted by Crippen LogP contribution is 2.51. The summed E-state index contributed by atoms with van der Waals surface area (Å²) >= 11 is 0. The van der Waals surface area contributed by atoms with Gasteiger partial charge in [0.25, 0.3) is 0 Å². The molecule has 1 heterocycles. The highest BCUT2D eigenvalue weighted by Gasteiger charge is 2.58. The van der Waals surface area contributed by atoms with E-state index in [1.54, 1.807) is 0 Å². The minimum atomic E-state index is -0.970. The number of hydrogen-bond acceptors (Lipinski definition) is 4. The van der Waals surface area contributed by atoms with E-state index in [1.165, 1.54) is 0 Å². The largest absolute Gasteiger partial charge is 0.396 e. The maximum Gasteiger partial charge on any atom is 0.197 e. The van der Waals surface area contributed by atoms with E-state index in [4.69, 9.17) is 14.6 Å². The van der Waals surface area contributed by atoms with Crippen LogP contribution < -0.4 is 0 Å². The quantitative estimate of drug-likeness (QED) is 0.826. The lowest BCUT2D eigenvalue weighted by Gasteiger charge is -2.51. The van der Waals surface area contributed by atoms with Gasteiger partial charge < -0.3 is 19.7 Å². The third-order valence-electron chi connectivity index (χ3n) is 4.84. The molecular formula is C15H28O4. The van der Waals surface area contributed by atoms with Crippen molar-refractivity contribution in [3.8, 4) is 0 Å². The van der Waals surface area contributed by atoms with Crippen molar-refractivity contribution in [2.75, 3.05) is 19.8 Å². The molecule has 1 aliphatic carbocycles. The molecule has 1 saturated heterocycles. The third-order valence-corrected chi connectivity index (χ3v) is 4.84. The fourth-order valence-corrected chi connectivity index (χ4v) is 3.53. The highest BCUT2D eigenvalue weighted by molar-refractivity contribution is 5.03. The first kappa shape index (κ1) is 15.2. The standard InChI is InChI=1S/C15H28O4/c1-13(2,3)12-5-7-15(18-9-10-19-15)14(17,11-12)6-4-8-16/h12,16-17H,4-11H2,1-3H3/t12-,14+/m1/s1. The molecule has 4 heteroatoms. The van der Waals surface area contributed by atoms with E-state index in [2.05, 4.69) is 20.8 Å². The minimum Gasteiger partial charge on any atom is -0.396 e. The van der Waals surface area contributed by atoms with E-state index < -0.39 is 11.4 Å². The molecule has 2 rings (SSSR count). The SMILES string of the molecule is CC(C)(C)[C@@H]1CCC2(OCCO2)[C@](O)(CCCO)C1. The van der Waals surface area contributed by atoms with Crippen LogP contribution in [-0.4, -0.2) is 41.4 Å². The van der Waals surface area contributed by atoms with Gasteiger partial charge >= 0.3 is 0 Å². The molecule has 1 spiro atoms. The van der Waals surface area contributed by atoms with Crippen molar-refractivity contribution < 1.29 is 19.7 Å². The molecule has 0 bridgehead atoms. The van der Waals surface area contributed by atoms with Crippen molar-refractivity contribution in [3.63, 3.8) is 0 Å². The normalized spacial score (nSPS) is 34.9. The van der Waals surface area contributed by atoms with Crippen LogP contribution in [0, 0.1) is 11.3 Å². The monoisotopic (exact) mass is 272 g/mol. The summed E-state index contributed by atoms with van der Waals surface area (Å²) in [6, 6.07) is 0. The van der Waals surface area contributed by atoms with Crippen molar-refractivity contribution >= 4 is 0 Å². The van der Waals surface area contributed by atoms with Crippen molar-refractivity contribution in [3.05, 3.63) is 0 Å². The predicted octanol–water partition coefficient (Wildman–Crippen LogP) is 2.08. The Hall–Kier alpha value is -0.160. The second kappa shape index (κ2) is 5.32. The van der Waals surface area contributed by atoms with E-state index in [1.807, 2.05) is 0 Å². The Morgan fingerprint density at radius 2 is 1.84 bits per heavy atom. The zero-order valence-electron chi connectivity index (χ0n) is 12.4. The first-order valence-electron chi connectivity index (χ1n) is 7.44. The maximum absolute atomic E-state index is 11.1. The van der Waals surface area contributed by atoms with Gasteiger partial charge in [0.15, 0.2) is 5.79 Å². The van der Waals surface area contributed by atoms with Crippen LogP contribution in [0.3, 0.4) is 0 Å². The van der Waals surface area contributed by atoms with Crippen LogP contribution in [0.4, 0.5) is 0 Å². The lowest BCUT2D eigenvalue weighted by Crippen LogP contribution is -2.60. The fourth-order valence-electron chi connectivity index (χ4n) is 3.53. The molecule has 2 aliphatic rings. The van der Waals surface area contributed by atoms with Gasteiger partial charge in [-0.1, -0.05) is 20.8 Å². The van der Waals surface area contributed by atoms with Crippen molar-refractivity contribution in [1.29, 1.82) is 0 Å². The van der Waals surface area contributed by atoms with Gasteiger partial charge in [0, 0.05) is 13.0 Å². The van der Waals surface area contributed by atoms with Gasteiger partial charge in [-0.2, -0.15) is 0 Å². The molecule has 19 heavy (non-hydrogen) atoms. The van der Waals surface area contributed by atoms with Gasteiger partial charge in [-0.05, 0) is 37.0 Å². The average molecular weight is 272 g/mol. The number of rotatable bonds is 3. The van der Waals surface area contributed by atoms with Gasteiger partial charge in [0.05, 0.1) is 13.2 Å². The number of aliphatic hydroxyl groups excluding tert-OH is 1. The number of aliphatic hydroxyl groups is 2. The lowest BCUT2D eigenvalue weighted by molar-refractivity contribution is -0.298. The van der Waals surface area contributed by atoms with E-state index in [0.29, 0.717) is 38.4 Å². The Balaban J connectivity index is 2.18. The molecule has 112 valence electrons. The number of ether oxygens (including phenoxy) is 2. The summed E-state index contributed by atoms with van der Waals surface area (Å²) in [4.78, 5) is 0. The predicted molar refractivity (Wildman–Crippen MR) is 72.7 cm³/mol. The Labute approximate surface area is 116 Å². The molecule has 2 atom stereocenters. The Morgan fingerprint density at radius 3 is 2.37 bits per heavy atom. The summed E-state index contributed by atoms with van der Waals surface area (Å²) in [7, 11) is 0. The molecule has 0 aromatic rings. The topological polar surface area (TPSA) is 58.9 Å². The lowest BCUT2D eigenvalue weighted by atomic mass is 9.64. The van der Waals surface area contributed by atoms with Gasteiger partial charge in [0.1, 0.15) is 5.60 Å². The maximum atomic E-state index is 11.1. The summed E-state index contributed by atoms with van der Waals surface area (Å²) in [6.07, 6.45) is 3.58. The van der Waals surface area contributed by atoms with Crippen molar-refractivity contribution in [1.82, 2.24) is 0 Å². The summed E-state index contributed by atoms with van der Waals surface area (Å²) in [6.45, 7) is 7.87. The molecule has 0 aromatic heterocycles. The van der Waals surface area contributed by atoms with Crippen LogP contribution in [0.1, 0.15) is 52.9 Å². The molecule has 0 amide bonds. The van der Waals surface area contributed by atoms with Crippen molar-refractivity contribution in [2.24, 2.45) is 11.3 Å². The van der Waals surface area contributed by atoms with E-state index >= 15 is 0 Å². The molecule has 0 radical (unpaired) electrons. The minimum absolute atomic E-state index is 0.0958. The van der Waals surface area contributed by atoms with Crippen LogP contribution >= 0.6 is 0 Å². The van der Waals surface area contributed by atoms with E-state index in [0.717, 1.165) is 12.8 Å². The Kier molecular flexibility index (Phi) is 4.26. The number of hydrogen-bond donors (Lipinski definition) is 2. The first-order chi connectivity index (χ1) is 8.83. The summed E-state index contributed by atoms with van der Waals surface area (Å²) < 4.78 is 11.6. The molecule has 2 fully saturated rings. The fraction of sp³-hybridized carbons (Fsp3) is 1.00. The second-order valence-corrected chi connectivity index (χ2v) is 7.11. The second-order valence-electron chi connectivity index (χ2n) is 7.11. The van der Waals surface area contributed by atoms with E-state index in [-0.39, 0.29) is 12.0 Å². The van der Waals surface area contributed by atoms with Crippen LogP contribution in [-0.2, 0) is 9.47 Å². The van der Waals surface area contributed by atoms with Gasteiger partial charge in [-0.3, -0.25) is 0 Å². The van der Waals surface area contributed by atoms with Crippen LogP contribution in [0.2, 0.25) is 0 Å². The van der Waals surface area contributed by atoms with Crippen LogP contribution in [0.25, 0.3) is 0 Å². The third kappa shape index (κ3) is 2.82. The van der Waals surface area contributed by atoms with Gasteiger partial charge in [-0.15, -0.1) is 0 Å². The zero-order chi connectivity index (χ0) is 14.1.